The normalized spacial score (nSPS) is 26.1. The fraction of sp³-hybridized carbons (Fsp3) is 0.632. The average molecular weight is 369 g/mol. The Morgan fingerprint density at radius 1 is 1.36 bits per heavy atom. The molecule has 2 aliphatic rings. The fourth-order valence-electron chi connectivity index (χ4n) is 4.08. The quantitative estimate of drug-likeness (QED) is 0.810. The number of para-hydroxylation sites is 2. The smallest absolute Gasteiger partial charge is 0.227 e. The van der Waals surface area contributed by atoms with Crippen LogP contribution in [0.2, 0.25) is 0 Å². The van der Waals surface area contributed by atoms with E-state index in [1.807, 2.05) is 31.2 Å². The maximum atomic E-state index is 12.9. The highest BCUT2D eigenvalue weighted by Gasteiger charge is 2.49. The van der Waals surface area contributed by atoms with Crippen LogP contribution in [0.4, 0.5) is 0 Å². The van der Waals surface area contributed by atoms with Gasteiger partial charge in [0.2, 0.25) is 5.91 Å². The number of rotatable bonds is 6. The molecule has 2 N–H and O–H groups in total. The van der Waals surface area contributed by atoms with E-state index < -0.39 is 0 Å². The molecule has 3 atom stereocenters. The van der Waals surface area contributed by atoms with Crippen LogP contribution in [-0.4, -0.2) is 38.8 Å². The van der Waals surface area contributed by atoms with Crippen LogP contribution < -0.4 is 20.1 Å². The number of nitrogens with one attached hydrogen (secondary N) is 2. The van der Waals surface area contributed by atoms with Crippen molar-refractivity contribution in [3.63, 3.8) is 0 Å². The predicted octanol–water partition coefficient (Wildman–Crippen LogP) is 2.78. The summed E-state index contributed by atoms with van der Waals surface area (Å²) in [6, 6.07) is 7.58. The monoisotopic (exact) mass is 368 g/mol. The molecule has 140 valence electrons. The third-order valence-corrected chi connectivity index (χ3v) is 5.44. The molecule has 1 amide bonds. The molecule has 25 heavy (non-hydrogen) atoms. The van der Waals surface area contributed by atoms with Crippen LogP contribution in [0.5, 0.6) is 11.5 Å². The van der Waals surface area contributed by atoms with E-state index in [9.17, 15) is 4.79 Å². The van der Waals surface area contributed by atoms with Crippen molar-refractivity contribution in [2.24, 2.45) is 11.3 Å². The number of benzene rings is 1. The molecule has 0 spiro atoms. The largest absolute Gasteiger partial charge is 0.493 e. The van der Waals surface area contributed by atoms with Crippen LogP contribution in [0.1, 0.15) is 32.6 Å². The highest BCUT2D eigenvalue weighted by molar-refractivity contribution is 5.85. The highest BCUT2D eigenvalue weighted by atomic mass is 35.5. The summed E-state index contributed by atoms with van der Waals surface area (Å²) in [7, 11) is 1.63. The molecule has 1 aromatic carbocycles. The van der Waals surface area contributed by atoms with Gasteiger partial charge in [-0.15, -0.1) is 12.4 Å². The maximum absolute atomic E-state index is 12.9. The van der Waals surface area contributed by atoms with Gasteiger partial charge in [0, 0.05) is 6.54 Å². The second kappa shape index (κ2) is 8.77. The van der Waals surface area contributed by atoms with Gasteiger partial charge < -0.3 is 20.1 Å². The van der Waals surface area contributed by atoms with Crippen molar-refractivity contribution < 1.29 is 14.3 Å². The van der Waals surface area contributed by atoms with Crippen molar-refractivity contribution in [1.29, 1.82) is 0 Å². The van der Waals surface area contributed by atoms with Gasteiger partial charge in [-0.2, -0.15) is 0 Å². The van der Waals surface area contributed by atoms with Crippen LogP contribution in [0.15, 0.2) is 24.3 Å². The highest BCUT2D eigenvalue weighted by Crippen LogP contribution is 2.43. The lowest BCUT2D eigenvalue weighted by atomic mass is 9.67. The fourth-order valence-corrected chi connectivity index (χ4v) is 4.08. The Balaban J connectivity index is 0.00000225. The minimum absolute atomic E-state index is 0. The minimum atomic E-state index is -0.206. The third kappa shape index (κ3) is 4.21. The topological polar surface area (TPSA) is 59.6 Å². The molecule has 5 nitrogen and oxygen atoms in total. The Morgan fingerprint density at radius 2 is 2.12 bits per heavy atom. The number of ether oxygens (including phenoxy) is 2. The second-order valence-electron chi connectivity index (χ2n) is 7.02. The Hall–Kier alpha value is -1.46. The number of carbonyl (C=O) groups excluding carboxylic acids is 1. The van der Waals surface area contributed by atoms with Crippen molar-refractivity contribution in [2.75, 3.05) is 26.7 Å². The lowest BCUT2D eigenvalue weighted by Crippen LogP contribution is -2.49. The van der Waals surface area contributed by atoms with Gasteiger partial charge in [0.05, 0.1) is 19.1 Å². The van der Waals surface area contributed by atoms with E-state index in [1.165, 1.54) is 6.42 Å². The van der Waals surface area contributed by atoms with Gasteiger partial charge in [-0.05, 0) is 44.4 Å². The Labute approximate surface area is 156 Å². The number of hydrogen-bond acceptors (Lipinski definition) is 4. The number of carbonyl (C=O) groups is 1. The molecule has 0 bridgehead atoms. The lowest BCUT2D eigenvalue weighted by Gasteiger charge is -2.37. The van der Waals surface area contributed by atoms with E-state index in [4.69, 9.17) is 9.47 Å². The number of halogens is 1. The first-order chi connectivity index (χ1) is 11.7. The number of amides is 1. The number of hydrogen-bond donors (Lipinski definition) is 2. The van der Waals surface area contributed by atoms with Crippen molar-refractivity contribution in [3.8, 4) is 11.5 Å². The van der Waals surface area contributed by atoms with Gasteiger partial charge in [-0.25, -0.2) is 0 Å². The standard InChI is InChI=1S/C19H28N2O3.ClH/c1-14(24-17-9-4-3-8-16(17)23-2)11-21-18(22)19-10-6-5-7-15(19)12-20-13-19;/h3-4,8-9,14-15,20H,5-7,10-13H2,1-2H3,(H,21,22);1H/t14?,15-,19+;/m0./s1. The minimum Gasteiger partial charge on any atom is -0.493 e. The molecular weight excluding hydrogens is 340 g/mol. The molecule has 1 saturated carbocycles. The van der Waals surface area contributed by atoms with Crippen LogP contribution in [0, 0.1) is 11.3 Å². The molecule has 6 heteroatoms. The Morgan fingerprint density at radius 3 is 2.88 bits per heavy atom. The van der Waals surface area contributed by atoms with Crippen molar-refractivity contribution in [1.82, 2.24) is 10.6 Å². The molecule has 2 fully saturated rings. The zero-order valence-electron chi connectivity index (χ0n) is 15.0. The first kappa shape index (κ1) is 19.9. The molecule has 1 aliphatic carbocycles. The summed E-state index contributed by atoms with van der Waals surface area (Å²) < 4.78 is 11.2. The van der Waals surface area contributed by atoms with Gasteiger partial charge in [0.1, 0.15) is 6.10 Å². The van der Waals surface area contributed by atoms with E-state index in [2.05, 4.69) is 10.6 Å². The summed E-state index contributed by atoms with van der Waals surface area (Å²) in [5, 5.41) is 6.55. The Bertz CT molecular complexity index is 584. The summed E-state index contributed by atoms with van der Waals surface area (Å²) in [6.45, 7) is 4.26. The summed E-state index contributed by atoms with van der Waals surface area (Å²) in [5.41, 5.74) is -0.206. The molecule has 0 radical (unpaired) electrons. The molecule has 1 aliphatic heterocycles. The number of fused-ring (bicyclic) bond motifs is 1. The average Bonchev–Trinajstić information content (AvgIpc) is 3.05. The van der Waals surface area contributed by atoms with Crippen LogP contribution in [-0.2, 0) is 4.79 Å². The summed E-state index contributed by atoms with van der Waals surface area (Å²) in [4.78, 5) is 12.9. The van der Waals surface area contributed by atoms with E-state index in [0.29, 0.717) is 24.0 Å². The first-order valence-corrected chi connectivity index (χ1v) is 8.94. The zero-order valence-corrected chi connectivity index (χ0v) is 15.9. The third-order valence-electron chi connectivity index (χ3n) is 5.44. The first-order valence-electron chi connectivity index (χ1n) is 8.94. The van der Waals surface area contributed by atoms with E-state index in [0.717, 1.165) is 32.4 Å². The molecule has 1 unspecified atom stereocenters. The van der Waals surface area contributed by atoms with Gasteiger partial charge >= 0.3 is 0 Å². The molecule has 1 heterocycles. The van der Waals surface area contributed by atoms with Crippen molar-refractivity contribution in [2.45, 2.75) is 38.7 Å². The predicted molar refractivity (Wildman–Crippen MR) is 101 cm³/mol. The van der Waals surface area contributed by atoms with E-state index in [-0.39, 0.29) is 29.8 Å². The second-order valence-corrected chi connectivity index (χ2v) is 7.02. The number of methoxy groups -OCH3 is 1. The molecular formula is C19H29ClN2O3. The van der Waals surface area contributed by atoms with Gasteiger partial charge in [-0.3, -0.25) is 4.79 Å². The maximum Gasteiger partial charge on any atom is 0.227 e. The van der Waals surface area contributed by atoms with Crippen LogP contribution >= 0.6 is 12.4 Å². The molecule has 0 aromatic heterocycles. The summed E-state index contributed by atoms with van der Waals surface area (Å²) in [6.07, 6.45) is 4.44. The van der Waals surface area contributed by atoms with E-state index in [1.54, 1.807) is 7.11 Å². The van der Waals surface area contributed by atoms with Gasteiger partial charge in [0.25, 0.3) is 0 Å². The van der Waals surface area contributed by atoms with E-state index >= 15 is 0 Å². The lowest BCUT2D eigenvalue weighted by molar-refractivity contribution is -0.134. The van der Waals surface area contributed by atoms with Gasteiger partial charge in [0.15, 0.2) is 11.5 Å². The molecule has 1 saturated heterocycles. The zero-order chi connectivity index (χ0) is 17.0. The molecule has 3 rings (SSSR count). The molecule has 1 aromatic rings. The summed E-state index contributed by atoms with van der Waals surface area (Å²) in [5.74, 6) is 2.09. The van der Waals surface area contributed by atoms with Crippen LogP contribution in [0.3, 0.4) is 0 Å². The van der Waals surface area contributed by atoms with Crippen molar-refractivity contribution in [3.05, 3.63) is 24.3 Å². The van der Waals surface area contributed by atoms with Crippen molar-refractivity contribution >= 4 is 18.3 Å². The SMILES string of the molecule is COc1ccccc1OC(C)CNC(=O)[C@@]12CCCC[C@H]1CNC2.Cl. The van der Waals surface area contributed by atoms with Gasteiger partial charge in [-0.1, -0.05) is 25.0 Å². The summed E-state index contributed by atoms with van der Waals surface area (Å²) >= 11 is 0. The van der Waals surface area contributed by atoms with Crippen LogP contribution in [0.25, 0.3) is 0 Å². The Kier molecular flexibility index (Phi) is 6.96.